The number of anilines is 1. The lowest BCUT2D eigenvalue weighted by atomic mass is 10.1. The van der Waals surface area contributed by atoms with Gasteiger partial charge in [0.25, 0.3) is 0 Å². The third-order valence-corrected chi connectivity index (χ3v) is 3.18. The molecule has 18 heavy (non-hydrogen) atoms. The van der Waals surface area contributed by atoms with Crippen LogP contribution in [0.3, 0.4) is 0 Å². The standard InChI is InChI=1S/C12H15BrN2O3/c1-7(4-5-14)11(16)15-10-3-2-8(12(17)18)6-9(10)13/h2-3,6-7H,4-5,14H2,1H3,(H,15,16)(H,17,18). The first-order valence-electron chi connectivity index (χ1n) is 5.49. The molecule has 6 heteroatoms. The van der Waals surface area contributed by atoms with E-state index >= 15 is 0 Å². The van der Waals surface area contributed by atoms with E-state index < -0.39 is 5.97 Å². The zero-order valence-electron chi connectivity index (χ0n) is 9.94. The predicted molar refractivity (Wildman–Crippen MR) is 72.6 cm³/mol. The zero-order valence-corrected chi connectivity index (χ0v) is 11.5. The van der Waals surface area contributed by atoms with Crippen molar-refractivity contribution in [2.24, 2.45) is 11.7 Å². The van der Waals surface area contributed by atoms with Gasteiger partial charge in [0.15, 0.2) is 0 Å². The highest BCUT2D eigenvalue weighted by Gasteiger charge is 2.14. The first kappa shape index (κ1) is 14.7. The number of benzene rings is 1. The zero-order chi connectivity index (χ0) is 13.7. The first-order valence-corrected chi connectivity index (χ1v) is 6.28. The molecular formula is C12H15BrN2O3. The minimum atomic E-state index is -1.01. The molecule has 0 aliphatic heterocycles. The number of carbonyl (C=O) groups excluding carboxylic acids is 1. The van der Waals surface area contributed by atoms with Crippen molar-refractivity contribution in [1.29, 1.82) is 0 Å². The van der Waals surface area contributed by atoms with Crippen LogP contribution < -0.4 is 11.1 Å². The quantitative estimate of drug-likeness (QED) is 0.775. The summed E-state index contributed by atoms with van der Waals surface area (Å²) in [5.74, 6) is -1.32. The molecule has 1 unspecified atom stereocenters. The Morgan fingerprint density at radius 1 is 1.50 bits per heavy atom. The maximum absolute atomic E-state index is 11.8. The average Bonchev–Trinajstić information content (AvgIpc) is 2.31. The number of halogens is 1. The van der Waals surface area contributed by atoms with Crippen LogP contribution in [-0.2, 0) is 4.79 Å². The van der Waals surface area contributed by atoms with Gasteiger partial charge in [-0.2, -0.15) is 0 Å². The van der Waals surface area contributed by atoms with Crippen LogP contribution in [0.4, 0.5) is 5.69 Å². The maximum atomic E-state index is 11.8. The monoisotopic (exact) mass is 314 g/mol. The number of amides is 1. The van der Waals surface area contributed by atoms with Crippen LogP contribution in [0, 0.1) is 5.92 Å². The third-order valence-electron chi connectivity index (χ3n) is 2.52. The summed E-state index contributed by atoms with van der Waals surface area (Å²) in [4.78, 5) is 22.5. The number of nitrogens with one attached hydrogen (secondary N) is 1. The van der Waals surface area contributed by atoms with E-state index in [4.69, 9.17) is 10.8 Å². The molecule has 0 bridgehead atoms. The molecule has 1 atom stereocenters. The highest BCUT2D eigenvalue weighted by molar-refractivity contribution is 9.10. The van der Waals surface area contributed by atoms with Crippen molar-refractivity contribution in [1.82, 2.24) is 0 Å². The average molecular weight is 315 g/mol. The van der Waals surface area contributed by atoms with Crippen LogP contribution in [0.15, 0.2) is 22.7 Å². The van der Waals surface area contributed by atoms with Gasteiger partial charge in [0.2, 0.25) is 5.91 Å². The predicted octanol–water partition coefficient (Wildman–Crippen LogP) is 2.07. The first-order chi connectivity index (χ1) is 8.45. The van der Waals surface area contributed by atoms with Crippen LogP contribution in [-0.4, -0.2) is 23.5 Å². The second kappa shape index (κ2) is 6.51. The Kier molecular flexibility index (Phi) is 5.30. The summed E-state index contributed by atoms with van der Waals surface area (Å²) in [5, 5.41) is 11.5. The van der Waals surface area contributed by atoms with E-state index in [9.17, 15) is 9.59 Å². The number of aromatic carboxylic acids is 1. The normalized spacial score (nSPS) is 11.9. The van der Waals surface area contributed by atoms with Crippen molar-refractivity contribution in [3.05, 3.63) is 28.2 Å². The summed E-state index contributed by atoms with van der Waals surface area (Å²) in [6.45, 7) is 2.25. The molecule has 0 aliphatic rings. The molecule has 0 saturated carbocycles. The number of nitrogens with two attached hydrogens (primary N) is 1. The lowest BCUT2D eigenvalue weighted by Gasteiger charge is -2.12. The van der Waals surface area contributed by atoms with Gasteiger partial charge in [-0.15, -0.1) is 0 Å². The molecule has 1 rings (SSSR count). The van der Waals surface area contributed by atoms with E-state index in [2.05, 4.69) is 21.2 Å². The molecule has 0 heterocycles. The Bertz CT molecular complexity index is 463. The van der Waals surface area contributed by atoms with Crippen LogP contribution in [0.25, 0.3) is 0 Å². The molecule has 1 amide bonds. The van der Waals surface area contributed by atoms with Crippen LogP contribution >= 0.6 is 15.9 Å². The lowest BCUT2D eigenvalue weighted by Crippen LogP contribution is -2.22. The van der Waals surface area contributed by atoms with Crippen molar-refractivity contribution in [3.63, 3.8) is 0 Å². The summed E-state index contributed by atoms with van der Waals surface area (Å²) in [6.07, 6.45) is 0.608. The van der Waals surface area contributed by atoms with E-state index in [1.165, 1.54) is 12.1 Å². The minimum absolute atomic E-state index is 0.135. The topological polar surface area (TPSA) is 92.4 Å². The van der Waals surface area contributed by atoms with Crippen molar-refractivity contribution in [2.45, 2.75) is 13.3 Å². The molecule has 4 N–H and O–H groups in total. The fraction of sp³-hybridized carbons (Fsp3) is 0.333. The van der Waals surface area contributed by atoms with Gasteiger partial charge < -0.3 is 16.2 Å². The van der Waals surface area contributed by atoms with Crippen LogP contribution in [0.2, 0.25) is 0 Å². The smallest absolute Gasteiger partial charge is 0.335 e. The SMILES string of the molecule is CC(CCN)C(=O)Nc1ccc(C(=O)O)cc1Br. The summed E-state index contributed by atoms with van der Waals surface area (Å²) in [5.41, 5.74) is 6.10. The maximum Gasteiger partial charge on any atom is 0.335 e. The number of carboxylic acid groups (broad SMARTS) is 1. The molecule has 0 aliphatic carbocycles. The van der Waals surface area contributed by atoms with Crippen LogP contribution in [0.5, 0.6) is 0 Å². The van der Waals surface area contributed by atoms with Crippen molar-refractivity contribution < 1.29 is 14.7 Å². The molecule has 5 nitrogen and oxygen atoms in total. The summed E-state index contributed by atoms with van der Waals surface area (Å²) in [6, 6.07) is 4.45. The Balaban J connectivity index is 2.79. The van der Waals surface area contributed by atoms with Gasteiger partial charge in [-0.3, -0.25) is 4.79 Å². The molecule has 0 saturated heterocycles. The van der Waals surface area contributed by atoms with Crippen molar-refractivity contribution in [2.75, 3.05) is 11.9 Å². The highest BCUT2D eigenvalue weighted by atomic mass is 79.9. The van der Waals surface area contributed by atoms with Gasteiger partial charge in [-0.25, -0.2) is 4.79 Å². The Labute approximate surface area is 113 Å². The molecule has 0 spiro atoms. The van der Waals surface area contributed by atoms with Gasteiger partial charge >= 0.3 is 5.97 Å². The van der Waals surface area contributed by atoms with E-state index in [-0.39, 0.29) is 17.4 Å². The Morgan fingerprint density at radius 2 is 2.17 bits per heavy atom. The molecule has 1 aromatic rings. The summed E-state index contributed by atoms with van der Waals surface area (Å²) >= 11 is 3.23. The van der Waals surface area contributed by atoms with Crippen molar-refractivity contribution >= 4 is 33.5 Å². The van der Waals surface area contributed by atoms with Gasteiger partial charge in [-0.1, -0.05) is 6.92 Å². The molecule has 0 fully saturated rings. The number of hydrogen-bond acceptors (Lipinski definition) is 3. The largest absolute Gasteiger partial charge is 0.478 e. The number of carbonyl (C=O) groups is 2. The van der Waals surface area contributed by atoms with Gasteiger partial charge in [-0.05, 0) is 47.1 Å². The fourth-order valence-electron chi connectivity index (χ4n) is 1.39. The third kappa shape index (κ3) is 3.82. The number of carboxylic acids is 1. The number of rotatable bonds is 5. The fourth-order valence-corrected chi connectivity index (χ4v) is 1.86. The summed E-state index contributed by atoms with van der Waals surface area (Å²) < 4.78 is 0.538. The molecule has 0 aromatic heterocycles. The highest BCUT2D eigenvalue weighted by Crippen LogP contribution is 2.24. The Hall–Kier alpha value is -1.40. The van der Waals surface area contributed by atoms with Crippen molar-refractivity contribution in [3.8, 4) is 0 Å². The second-order valence-electron chi connectivity index (χ2n) is 3.97. The molecule has 0 radical (unpaired) electrons. The van der Waals surface area contributed by atoms with Gasteiger partial charge in [0.05, 0.1) is 11.3 Å². The molecular weight excluding hydrogens is 300 g/mol. The van der Waals surface area contributed by atoms with E-state index in [0.29, 0.717) is 23.1 Å². The van der Waals surface area contributed by atoms with Gasteiger partial charge in [0, 0.05) is 10.4 Å². The van der Waals surface area contributed by atoms with E-state index in [1.807, 2.05) is 0 Å². The molecule has 1 aromatic carbocycles. The minimum Gasteiger partial charge on any atom is -0.478 e. The second-order valence-corrected chi connectivity index (χ2v) is 4.82. The van der Waals surface area contributed by atoms with Gasteiger partial charge in [0.1, 0.15) is 0 Å². The Morgan fingerprint density at radius 3 is 2.67 bits per heavy atom. The van der Waals surface area contributed by atoms with E-state index in [1.54, 1.807) is 13.0 Å². The lowest BCUT2D eigenvalue weighted by molar-refractivity contribution is -0.119. The number of hydrogen-bond donors (Lipinski definition) is 3. The summed E-state index contributed by atoms with van der Waals surface area (Å²) in [7, 11) is 0. The van der Waals surface area contributed by atoms with Crippen LogP contribution in [0.1, 0.15) is 23.7 Å². The van der Waals surface area contributed by atoms with E-state index in [0.717, 1.165) is 0 Å². The molecule has 98 valence electrons.